The van der Waals surface area contributed by atoms with Crippen molar-refractivity contribution in [3.05, 3.63) is 0 Å². The summed E-state index contributed by atoms with van der Waals surface area (Å²) in [6.45, 7) is 3.57. The van der Waals surface area contributed by atoms with Crippen LogP contribution in [0, 0.1) is 17.2 Å². The average molecular weight is 236 g/mol. The van der Waals surface area contributed by atoms with E-state index < -0.39 is 0 Å². The molecule has 0 aliphatic carbocycles. The molecule has 5 nitrogen and oxygen atoms in total. The third kappa shape index (κ3) is 2.89. The molecule has 17 heavy (non-hydrogen) atoms. The number of rotatable bonds is 3. The summed E-state index contributed by atoms with van der Waals surface area (Å²) in [5.74, 6) is 0.599. The van der Waals surface area contributed by atoms with E-state index in [-0.39, 0.29) is 12.1 Å². The molecular formula is C12H20N4O. The number of likely N-dealkylation sites (tertiary alicyclic amines) is 1. The van der Waals surface area contributed by atoms with E-state index in [1.54, 1.807) is 4.90 Å². The zero-order valence-electron chi connectivity index (χ0n) is 10.4. The number of nitriles is 1. The summed E-state index contributed by atoms with van der Waals surface area (Å²) in [4.78, 5) is 15.8. The predicted molar refractivity (Wildman–Crippen MR) is 64.3 cm³/mol. The number of amides is 2. The van der Waals surface area contributed by atoms with Crippen LogP contribution < -0.4 is 5.32 Å². The standard InChI is InChI=1S/C12H20N4O/c1-15-7-3-10(4-8-15)11-9-16(6-2-5-13)12(17)14-11/h10-11H,2-4,6-9H2,1H3,(H,14,17). The molecule has 2 heterocycles. The molecule has 2 saturated heterocycles. The average Bonchev–Trinajstić information content (AvgIpc) is 2.69. The molecule has 0 aromatic rings. The molecule has 0 aromatic carbocycles. The van der Waals surface area contributed by atoms with Gasteiger partial charge >= 0.3 is 6.03 Å². The Balaban J connectivity index is 1.84. The Labute approximate surface area is 102 Å². The van der Waals surface area contributed by atoms with E-state index in [2.05, 4.69) is 23.3 Å². The summed E-state index contributed by atoms with van der Waals surface area (Å²) in [6.07, 6.45) is 2.74. The number of piperidine rings is 1. The third-order valence-electron chi connectivity index (χ3n) is 3.84. The van der Waals surface area contributed by atoms with Gasteiger partial charge in [0.25, 0.3) is 0 Å². The first-order valence-electron chi connectivity index (χ1n) is 6.31. The fourth-order valence-electron chi connectivity index (χ4n) is 2.69. The largest absolute Gasteiger partial charge is 0.333 e. The molecule has 0 radical (unpaired) electrons. The first-order chi connectivity index (χ1) is 8.20. The Morgan fingerprint density at radius 3 is 2.82 bits per heavy atom. The highest BCUT2D eigenvalue weighted by Gasteiger charge is 2.34. The second kappa shape index (κ2) is 5.37. The lowest BCUT2D eigenvalue weighted by molar-refractivity contribution is 0.191. The molecule has 94 valence electrons. The summed E-state index contributed by atoms with van der Waals surface area (Å²) in [5, 5.41) is 11.6. The number of carbonyl (C=O) groups is 1. The van der Waals surface area contributed by atoms with Crippen LogP contribution in [0.5, 0.6) is 0 Å². The summed E-state index contributed by atoms with van der Waals surface area (Å²) >= 11 is 0. The van der Waals surface area contributed by atoms with Crippen LogP contribution in [0.4, 0.5) is 4.79 Å². The number of carbonyl (C=O) groups excluding carboxylic acids is 1. The minimum Gasteiger partial charge on any atom is -0.333 e. The number of urea groups is 1. The van der Waals surface area contributed by atoms with E-state index in [9.17, 15) is 4.79 Å². The predicted octanol–water partition coefficient (Wildman–Crippen LogP) is 0.636. The number of hydrogen-bond donors (Lipinski definition) is 1. The molecule has 5 heteroatoms. The Morgan fingerprint density at radius 2 is 2.18 bits per heavy atom. The maximum absolute atomic E-state index is 11.7. The molecule has 2 aliphatic heterocycles. The van der Waals surface area contributed by atoms with Crippen molar-refractivity contribution in [3.8, 4) is 6.07 Å². The quantitative estimate of drug-likeness (QED) is 0.782. The third-order valence-corrected chi connectivity index (χ3v) is 3.84. The zero-order chi connectivity index (χ0) is 12.3. The van der Waals surface area contributed by atoms with Crippen LogP contribution >= 0.6 is 0 Å². The van der Waals surface area contributed by atoms with Crippen molar-refractivity contribution in [2.45, 2.75) is 25.3 Å². The lowest BCUT2D eigenvalue weighted by atomic mass is 9.90. The Morgan fingerprint density at radius 1 is 1.47 bits per heavy atom. The van der Waals surface area contributed by atoms with Crippen LogP contribution in [0.3, 0.4) is 0 Å². The summed E-state index contributed by atoms with van der Waals surface area (Å²) < 4.78 is 0. The van der Waals surface area contributed by atoms with Crippen LogP contribution in [0.25, 0.3) is 0 Å². The van der Waals surface area contributed by atoms with Gasteiger partial charge in [0.2, 0.25) is 0 Å². The zero-order valence-corrected chi connectivity index (χ0v) is 10.4. The fourth-order valence-corrected chi connectivity index (χ4v) is 2.69. The van der Waals surface area contributed by atoms with E-state index >= 15 is 0 Å². The van der Waals surface area contributed by atoms with Crippen molar-refractivity contribution in [2.24, 2.45) is 5.92 Å². The monoisotopic (exact) mass is 236 g/mol. The van der Waals surface area contributed by atoms with Gasteiger partial charge in [0.15, 0.2) is 0 Å². The molecule has 1 unspecified atom stereocenters. The second-order valence-electron chi connectivity index (χ2n) is 5.05. The molecule has 0 spiro atoms. The molecule has 0 aromatic heterocycles. The molecular weight excluding hydrogens is 216 g/mol. The Bertz CT molecular complexity index is 317. The molecule has 2 rings (SSSR count). The molecule has 2 aliphatic rings. The Hall–Kier alpha value is -1.28. The lowest BCUT2D eigenvalue weighted by Crippen LogP contribution is -2.41. The topological polar surface area (TPSA) is 59.4 Å². The van der Waals surface area contributed by atoms with E-state index in [1.807, 2.05) is 0 Å². The maximum Gasteiger partial charge on any atom is 0.317 e. The lowest BCUT2D eigenvalue weighted by Gasteiger charge is -2.32. The summed E-state index contributed by atoms with van der Waals surface area (Å²) in [6, 6.07) is 2.38. The van der Waals surface area contributed by atoms with E-state index in [0.717, 1.165) is 32.5 Å². The number of nitrogens with zero attached hydrogens (tertiary/aromatic N) is 3. The van der Waals surface area contributed by atoms with Gasteiger partial charge in [-0.2, -0.15) is 5.26 Å². The molecule has 1 atom stereocenters. The molecule has 1 N–H and O–H groups in total. The van der Waals surface area contributed by atoms with Gasteiger partial charge in [-0.3, -0.25) is 0 Å². The van der Waals surface area contributed by atoms with Gasteiger partial charge in [-0.15, -0.1) is 0 Å². The van der Waals surface area contributed by atoms with Gasteiger partial charge in [0.1, 0.15) is 0 Å². The van der Waals surface area contributed by atoms with Crippen LogP contribution in [0.1, 0.15) is 19.3 Å². The maximum atomic E-state index is 11.7. The highest BCUT2D eigenvalue weighted by Crippen LogP contribution is 2.23. The SMILES string of the molecule is CN1CCC(C2CN(CCC#N)C(=O)N2)CC1. The van der Waals surface area contributed by atoms with Crippen molar-refractivity contribution in [2.75, 3.05) is 33.2 Å². The summed E-state index contributed by atoms with van der Waals surface area (Å²) in [5.41, 5.74) is 0. The highest BCUT2D eigenvalue weighted by atomic mass is 16.2. The van der Waals surface area contributed by atoms with Crippen molar-refractivity contribution in [1.29, 1.82) is 5.26 Å². The van der Waals surface area contributed by atoms with Gasteiger partial charge in [-0.1, -0.05) is 0 Å². The molecule has 0 bridgehead atoms. The second-order valence-corrected chi connectivity index (χ2v) is 5.05. The van der Waals surface area contributed by atoms with Crippen LogP contribution in [0.15, 0.2) is 0 Å². The van der Waals surface area contributed by atoms with Crippen molar-refractivity contribution in [1.82, 2.24) is 15.1 Å². The number of hydrogen-bond acceptors (Lipinski definition) is 3. The van der Waals surface area contributed by atoms with Crippen LogP contribution in [0.2, 0.25) is 0 Å². The van der Waals surface area contributed by atoms with Gasteiger partial charge in [-0.05, 0) is 38.9 Å². The van der Waals surface area contributed by atoms with Gasteiger partial charge in [-0.25, -0.2) is 4.79 Å². The van der Waals surface area contributed by atoms with E-state index in [1.165, 1.54) is 0 Å². The molecule has 2 fully saturated rings. The van der Waals surface area contributed by atoms with Crippen LogP contribution in [-0.2, 0) is 0 Å². The van der Waals surface area contributed by atoms with Gasteiger partial charge in [0.05, 0.1) is 18.5 Å². The van der Waals surface area contributed by atoms with Crippen LogP contribution in [-0.4, -0.2) is 55.1 Å². The van der Waals surface area contributed by atoms with E-state index in [4.69, 9.17) is 5.26 Å². The van der Waals surface area contributed by atoms with E-state index in [0.29, 0.717) is 18.9 Å². The van der Waals surface area contributed by atoms with Gasteiger partial charge in [0, 0.05) is 13.1 Å². The smallest absolute Gasteiger partial charge is 0.317 e. The first kappa shape index (κ1) is 12.2. The van der Waals surface area contributed by atoms with Gasteiger partial charge < -0.3 is 15.1 Å². The Kier molecular flexibility index (Phi) is 3.85. The van der Waals surface area contributed by atoms with Crippen molar-refractivity contribution in [3.63, 3.8) is 0 Å². The highest BCUT2D eigenvalue weighted by molar-refractivity contribution is 5.76. The molecule has 2 amide bonds. The first-order valence-corrected chi connectivity index (χ1v) is 6.31. The minimum atomic E-state index is 0.00387. The normalized spacial score (nSPS) is 26.9. The summed E-state index contributed by atoms with van der Waals surface area (Å²) in [7, 11) is 2.14. The minimum absolute atomic E-state index is 0.00387. The fraction of sp³-hybridized carbons (Fsp3) is 0.833. The van der Waals surface area contributed by atoms with Crippen molar-refractivity contribution >= 4 is 6.03 Å². The van der Waals surface area contributed by atoms with Crippen molar-refractivity contribution < 1.29 is 4.79 Å². The molecule has 0 saturated carbocycles. The number of nitrogens with one attached hydrogen (secondary N) is 1.